The average Bonchev–Trinajstić information content (AvgIpc) is 2.69. The quantitative estimate of drug-likeness (QED) is 0.584. The van der Waals surface area contributed by atoms with E-state index in [1.807, 2.05) is 0 Å². The van der Waals surface area contributed by atoms with E-state index in [1.165, 1.54) is 32.2 Å². The van der Waals surface area contributed by atoms with Gasteiger partial charge in [0.15, 0.2) is 0 Å². The Morgan fingerprint density at radius 3 is 2.37 bits per heavy atom. The second kappa shape index (κ2) is 10.2. The molecule has 10 heteroatoms. The van der Waals surface area contributed by atoms with Crippen molar-refractivity contribution in [1.82, 2.24) is 5.32 Å². The van der Waals surface area contributed by atoms with E-state index in [0.717, 1.165) is 22.7 Å². The highest BCUT2D eigenvalue weighted by Crippen LogP contribution is 2.23. The van der Waals surface area contributed by atoms with Crippen LogP contribution in [0.3, 0.4) is 0 Å². The molecule has 0 fully saturated rings. The number of amides is 2. The monoisotopic (exact) mass is 437 g/mol. The van der Waals surface area contributed by atoms with Gasteiger partial charge < -0.3 is 15.4 Å². The maximum atomic E-state index is 13.2. The van der Waals surface area contributed by atoms with Gasteiger partial charge in [0.1, 0.15) is 11.9 Å². The van der Waals surface area contributed by atoms with Crippen molar-refractivity contribution >= 4 is 33.2 Å². The lowest BCUT2D eigenvalue weighted by Crippen LogP contribution is -2.45. The number of anilines is 2. The molecule has 0 saturated heterocycles. The molecule has 0 aliphatic rings. The first-order chi connectivity index (χ1) is 14.1. The van der Waals surface area contributed by atoms with Crippen molar-refractivity contribution < 1.29 is 27.1 Å². The number of carbonyl (C=O) groups is 2. The van der Waals surface area contributed by atoms with Crippen LogP contribution in [0.5, 0.6) is 0 Å². The van der Waals surface area contributed by atoms with E-state index in [9.17, 15) is 22.4 Å². The summed E-state index contributed by atoms with van der Waals surface area (Å²) in [4.78, 5) is 25.2. The fourth-order valence-electron chi connectivity index (χ4n) is 2.79. The van der Waals surface area contributed by atoms with Gasteiger partial charge in [-0.25, -0.2) is 12.8 Å². The van der Waals surface area contributed by atoms with Gasteiger partial charge in [-0.3, -0.25) is 13.9 Å². The van der Waals surface area contributed by atoms with Gasteiger partial charge in [-0.2, -0.15) is 0 Å². The fourth-order valence-corrected chi connectivity index (χ4v) is 3.96. The molecule has 0 aliphatic heterocycles. The minimum absolute atomic E-state index is 0.146. The van der Waals surface area contributed by atoms with Gasteiger partial charge in [-0.05, 0) is 43.3 Å². The third kappa shape index (κ3) is 6.01. The number of sulfonamides is 1. The van der Waals surface area contributed by atoms with Crippen molar-refractivity contribution in [1.29, 1.82) is 0 Å². The van der Waals surface area contributed by atoms with Crippen molar-refractivity contribution in [3.8, 4) is 0 Å². The third-order valence-corrected chi connectivity index (χ3v) is 5.43. The van der Waals surface area contributed by atoms with Gasteiger partial charge >= 0.3 is 0 Å². The highest BCUT2D eigenvalue weighted by molar-refractivity contribution is 7.92. The first kappa shape index (κ1) is 23.3. The number of rotatable bonds is 9. The Kier molecular flexibility index (Phi) is 7.90. The fraction of sp³-hybridized carbons (Fsp3) is 0.300. The molecule has 0 unspecified atom stereocenters. The first-order valence-electron chi connectivity index (χ1n) is 9.07. The van der Waals surface area contributed by atoms with E-state index in [0.29, 0.717) is 13.2 Å². The number of methoxy groups -OCH3 is 1. The Morgan fingerprint density at radius 1 is 1.13 bits per heavy atom. The molecule has 2 amide bonds. The summed E-state index contributed by atoms with van der Waals surface area (Å²) in [6.07, 6.45) is 0.956. The van der Waals surface area contributed by atoms with E-state index < -0.39 is 33.7 Å². The highest BCUT2D eigenvalue weighted by Gasteiger charge is 2.29. The van der Waals surface area contributed by atoms with Gasteiger partial charge in [0.25, 0.3) is 5.91 Å². The van der Waals surface area contributed by atoms with Crippen LogP contribution >= 0.6 is 0 Å². The Morgan fingerprint density at radius 2 is 1.77 bits per heavy atom. The zero-order valence-electron chi connectivity index (χ0n) is 16.9. The zero-order valence-corrected chi connectivity index (χ0v) is 17.7. The summed E-state index contributed by atoms with van der Waals surface area (Å²) in [5.41, 5.74) is 0.603. The maximum absolute atomic E-state index is 13.2. The van der Waals surface area contributed by atoms with Gasteiger partial charge in [0, 0.05) is 13.7 Å². The lowest BCUT2D eigenvalue weighted by Gasteiger charge is -2.28. The molecule has 0 spiro atoms. The Bertz CT molecular complexity index is 996. The van der Waals surface area contributed by atoms with E-state index >= 15 is 0 Å². The topological polar surface area (TPSA) is 105 Å². The minimum Gasteiger partial charge on any atom is -0.383 e. The van der Waals surface area contributed by atoms with Crippen LogP contribution in [-0.4, -0.2) is 52.8 Å². The van der Waals surface area contributed by atoms with Crippen LogP contribution in [0.2, 0.25) is 0 Å². The number of nitrogens with zero attached hydrogens (tertiary/aromatic N) is 1. The standard InChI is InChI=1S/C20H24FN3O5S/c1-14(24(30(3,27)28)16-10-8-15(21)9-11-16)19(25)23-18-7-5-4-6-17(18)20(26)22-12-13-29-2/h4-11,14H,12-13H2,1-3H3,(H,22,26)(H,23,25)/t14-/m1/s1. The van der Waals surface area contributed by atoms with Crippen LogP contribution in [0.4, 0.5) is 15.8 Å². The van der Waals surface area contributed by atoms with Crippen LogP contribution in [0.25, 0.3) is 0 Å². The summed E-state index contributed by atoms with van der Waals surface area (Å²) in [5.74, 6) is -1.59. The molecule has 30 heavy (non-hydrogen) atoms. The smallest absolute Gasteiger partial charge is 0.253 e. The van der Waals surface area contributed by atoms with Gasteiger partial charge in [0.05, 0.1) is 29.8 Å². The Labute approximate surface area is 175 Å². The second-order valence-corrected chi connectivity index (χ2v) is 8.35. The summed E-state index contributed by atoms with van der Waals surface area (Å²) in [7, 11) is -2.34. The minimum atomic E-state index is -3.85. The van der Waals surface area contributed by atoms with Gasteiger partial charge in [0.2, 0.25) is 15.9 Å². The van der Waals surface area contributed by atoms with Crippen molar-refractivity contribution in [2.45, 2.75) is 13.0 Å². The molecule has 162 valence electrons. The van der Waals surface area contributed by atoms with Crippen LogP contribution in [0, 0.1) is 5.82 Å². The number of carbonyl (C=O) groups excluding carboxylic acids is 2. The lowest BCUT2D eigenvalue weighted by molar-refractivity contribution is -0.116. The van der Waals surface area contributed by atoms with Crippen molar-refractivity contribution in [2.24, 2.45) is 0 Å². The second-order valence-electron chi connectivity index (χ2n) is 6.49. The molecule has 2 rings (SSSR count). The van der Waals surface area contributed by atoms with Gasteiger partial charge in [-0.15, -0.1) is 0 Å². The number of hydrogen-bond acceptors (Lipinski definition) is 5. The summed E-state index contributed by atoms with van der Waals surface area (Å²) < 4.78 is 43.6. The zero-order chi connectivity index (χ0) is 22.3. The van der Waals surface area contributed by atoms with Crippen LogP contribution < -0.4 is 14.9 Å². The van der Waals surface area contributed by atoms with Crippen molar-refractivity contribution in [2.75, 3.05) is 36.1 Å². The predicted octanol–water partition coefficient (Wildman–Crippen LogP) is 2.00. The molecule has 0 radical (unpaired) electrons. The first-order valence-corrected chi connectivity index (χ1v) is 10.9. The molecule has 1 atom stereocenters. The number of halogens is 1. The van der Waals surface area contributed by atoms with Crippen LogP contribution in [-0.2, 0) is 19.6 Å². The number of ether oxygens (including phenoxy) is 1. The van der Waals surface area contributed by atoms with Crippen LogP contribution in [0.1, 0.15) is 17.3 Å². The molecule has 2 aromatic carbocycles. The SMILES string of the molecule is COCCNC(=O)c1ccccc1NC(=O)[C@@H](C)N(c1ccc(F)cc1)S(C)(=O)=O. The summed E-state index contributed by atoms with van der Waals surface area (Å²) in [6, 6.07) is 9.97. The summed E-state index contributed by atoms with van der Waals surface area (Å²) in [5, 5.41) is 5.27. The number of benzene rings is 2. The van der Waals surface area contributed by atoms with Crippen LogP contribution in [0.15, 0.2) is 48.5 Å². The Hall–Kier alpha value is -2.98. The molecular formula is C20H24FN3O5S. The molecule has 8 nitrogen and oxygen atoms in total. The third-order valence-electron chi connectivity index (χ3n) is 4.19. The average molecular weight is 437 g/mol. The predicted molar refractivity (Wildman–Crippen MR) is 112 cm³/mol. The van der Waals surface area contributed by atoms with E-state index in [1.54, 1.807) is 18.2 Å². The van der Waals surface area contributed by atoms with E-state index in [-0.39, 0.29) is 16.9 Å². The normalized spacial score (nSPS) is 12.1. The molecule has 0 heterocycles. The molecule has 0 aliphatic carbocycles. The maximum Gasteiger partial charge on any atom is 0.253 e. The molecule has 2 N–H and O–H groups in total. The summed E-state index contributed by atoms with van der Waals surface area (Å²) in [6.45, 7) is 2.03. The number of hydrogen-bond donors (Lipinski definition) is 2. The molecule has 2 aromatic rings. The highest BCUT2D eigenvalue weighted by atomic mass is 32.2. The molecule has 0 saturated carbocycles. The molecule has 0 aromatic heterocycles. The van der Waals surface area contributed by atoms with Crippen molar-refractivity contribution in [3.05, 3.63) is 59.9 Å². The lowest BCUT2D eigenvalue weighted by atomic mass is 10.1. The molecular weight excluding hydrogens is 413 g/mol. The Balaban J connectivity index is 2.25. The van der Waals surface area contributed by atoms with E-state index in [2.05, 4.69) is 10.6 Å². The molecule has 0 bridgehead atoms. The largest absolute Gasteiger partial charge is 0.383 e. The summed E-state index contributed by atoms with van der Waals surface area (Å²) >= 11 is 0. The number of nitrogens with one attached hydrogen (secondary N) is 2. The van der Waals surface area contributed by atoms with Crippen molar-refractivity contribution in [3.63, 3.8) is 0 Å². The number of para-hydroxylation sites is 1. The van der Waals surface area contributed by atoms with Gasteiger partial charge in [-0.1, -0.05) is 12.1 Å². The van der Waals surface area contributed by atoms with E-state index in [4.69, 9.17) is 4.74 Å².